The molecule has 1 fully saturated rings. The lowest BCUT2D eigenvalue weighted by Crippen LogP contribution is -2.41. The third kappa shape index (κ3) is 4.19. The van der Waals surface area contributed by atoms with Crippen LogP contribution in [0, 0.1) is 5.82 Å². The number of nitrogens with zero attached hydrogens (tertiary/aromatic N) is 1. The summed E-state index contributed by atoms with van der Waals surface area (Å²) in [6, 6.07) is 14.4. The van der Waals surface area contributed by atoms with Crippen LogP contribution >= 0.6 is 0 Å². The fourth-order valence-corrected chi connectivity index (χ4v) is 4.77. The fraction of sp³-hybridized carbons (Fsp3) is 0.250. The van der Waals surface area contributed by atoms with Crippen LogP contribution in [0.1, 0.15) is 18.4 Å². The van der Waals surface area contributed by atoms with E-state index >= 15 is 0 Å². The number of carbonyl (C=O) groups excluding carboxylic acids is 1. The number of rotatable bonds is 4. The second kappa shape index (κ2) is 7.83. The Morgan fingerprint density at radius 1 is 1.00 bits per heavy atom. The fourth-order valence-electron chi connectivity index (χ4n) is 3.04. The van der Waals surface area contributed by atoms with E-state index in [4.69, 9.17) is 0 Å². The number of amides is 1. The van der Waals surface area contributed by atoms with Gasteiger partial charge in [0.15, 0.2) is 9.84 Å². The molecule has 2 aromatic carbocycles. The molecule has 0 aromatic heterocycles. The van der Waals surface area contributed by atoms with Crippen LogP contribution < -0.4 is 0 Å². The van der Waals surface area contributed by atoms with Crippen LogP contribution in [0.5, 0.6) is 0 Å². The third-order valence-electron chi connectivity index (χ3n) is 4.55. The van der Waals surface area contributed by atoms with Crippen molar-refractivity contribution in [2.45, 2.75) is 23.0 Å². The van der Waals surface area contributed by atoms with Crippen LogP contribution in [0.2, 0.25) is 0 Å². The molecule has 1 aliphatic heterocycles. The molecule has 1 heterocycles. The minimum Gasteiger partial charge on any atom is -0.339 e. The molecule has 0 radical (unpaired) electrons. The second-order valence-electron chi connectivity index (χ2n) is 6.27. The van der Waals surface area contributed by atoms with Gasteiger partial charge in [0.25, 0.3) is 0 Å². The summed E-state index contributed by atoms with van der Waals surface area (Å²) in [5.41, 5.74) is 0.939. The topological polar surface area (TPSA) is 54.5 Å². The van der Waals surface area contributed by atoms with Crippen molar-refractivity contribution in [3.05, 3.63) is 72.1 Å². The molecule has 136 valence electrons. The molecule has 2 aromatic rings. The summed E-state index contributed by atoms with van der Waals surface area (Å²) in [7, 11) is -3.51. The number of hydrogen-bond acceptors (Lipinski definition) is 3. The van der Waals surface area contributed by atoms with Gasteiger partial charge in [0.05, 0.1) is 10.1 Å². The van der Waals surface area contributed by atoms with E-state index in [0.717, 1.165) is 17.7 Å². The van der Waals surface area contributed by atoms with Crippen molar-refractivity contribution in [2.75, 3.05) is 13.1 Å². The highest BCUT2D eigenvalue weighted by Crippen LogP contribution is 2.25. The number of benzene rings is 2. The second-order valence-corrected chi connectivity index (χ2v) is 8.50. The molecule has 1 amide bonds. The summed E-state index contributed by atoms with van der Waals surface area (Å²) in [6.45, 7) is 0.784. The molecule has 0 saturated carbocycles. The highest BCUT2D eigenvalue weighted by molar-refractivity contribution is 7.92. The van der Waals surface area contributed by atoms with Crippen LogP contribution in [0.4, 0.5) is 4.39 Å². The number of hydrogen-bond donors (Lipinski definition) is 0. The van der Waals surface area contributed by atoms with E-state index in [0.29, 0.717) is 25.9 Å². The molecule has 1 saturated heterocycles. The zero-order chi connectivity index (χ0) is 18.6. The largest absolute Gasteiger partial charge is 0.339 e. The van der Waals surface area contributed by atoms with Crippen LogP contribution in [-0.4, -0.2) is 37.6 Å². The zero-order valence-corrected chi connectivity index (χ0v) is 15.0. The first-order valence-electron chi connectivity index (χ1n) is 8.48. The first-order valence-corrected chi connectivity index (χ1v) is 10.0. The maximum absolute atomic E-state index is 13.0. The van der Waals surface area contributed by atoms with E-state index in [1.54, 1.807) is 11.0 Å². The summed E-state index contributed by atoms with van der Waals surface area (Å²) < 4.78 is 38.3. The van der Waals surface area contributed by atoms with E-state index < -0.39 is 20.9 Å². The monoisotopic (exact) mass is 373 g/mol. The first kappa shape index (κ1) is 18.3. The summed E-state index contributed by atoms with van der Waals surface area (Å²) in [6.07, 6.45) is 4.03. The minimum absolute atomic E-state index is 0.119. The van der Waals surface area contributed by atoms with E-state index in [9.17, 15) is 17.6 Å². The Hall–Kier alpha value is -2.47. The lowest BCUT2D eigenvalue weighted by atomic mass is 10.1. The Kier molecular flexibility index (Phi) is 5.52. The maximum Gasteiger partial charge on any atom is 0.246 e. The van der Waals surface area contributed by atoms with Crippen LogP contribution in [0.25, 0.3) is 6.08 Å². The van der Waals surface area contributed by atoms with Crippen molar-refractivity contribution in [3.8, 4) is 0 Å². The Balaban J connectivity index is 1.61. The van der Waals surface area contributed by atoms with Crippen molar-refractivity contribution in [3.63, 3.8) is 0 Å². The van der Waals surface area contributed by atoms with Crippen molar-refractivity contribution in [1.82, 2.24) is 4.90 Å². The van der Waals surface area contributed by atoms with Crippen molar-refractivity contribution < 1.29 is 17.6 Å². The van der Waals surface area contributed by atoms with Crippen LogP contribution in [0.15, 0.2) is 65.6 Å². The normalized spacial score (nSPS) is 16.1. The Labute approximate surface area is 152 Å². The minimum atomic E-state index is -3.51. The summed E-state index contributed by atoms with van der Waals surface area (Å²) in [5.74, 6) is -0.582. The average molecular weight is 373 g/mol. The molecule has 0 unspecified atom stereocenters. The van der Waals surface area contributed by atoms with Gasteiger partial charge in [-0.1, -0.05) is 30.3 Å². The number of likely N-dealkylation sites (tertiary alicyclic amines) is 1. The molecule has 0 bridgehead atoms. The van der Waals surface area contributed by atoms with E-state index in [-0.39, 0.29) is 10.8 Å². The summed E-state index contributed by atoms with van der Waals surface area (Å²) >= 11 is 0. The van der Waals surface area contributed by atoms with E-state index in [2.05, 4.69) is 0 Å². The highest BCUT2D eigenvalue weighted by atomic mass is 32.2. The van der Waals surface area contributed by atoms with Gasteiger partial charge in [0, 0.05) is 19.2 Å². The zero-order valence-electron chi connectivity index (χ0n) is 14.2. The number of sulfone groups is 1. The molecule has 0 spiro atoms. The highest BCUT2D eigenvalue weighted by Gasteiger charge is 2.32. The van der Waals surface area contributed by atoms with Crippen molar-refractivity contribution in [2.24, 2.45) is 0 Å². The third-order valence-corrected chi connectivity index (χ3v) is 6.83. The Morgan fingerprint density at radius 2 is 1.62 bits per heavy atom. The lowest BCUT2D eigenvalue weighted by Gasteiger charge is -2.31. The maximum atomic E-state index is 13.0. The molecule has 4 nitrogen and oxygen atoms in total. The average Bonchev–Trinajstić information content (AvgIpc) is 2.67. The van der Waals surface area contributed by atoms with Gasteiger partial charge in [-0.2, -0.15) is 0 Å². The van der Waals surface area contributed by atoms with E-state index in [1.807, 2.05) is 30.3 Å². The van der Waals surface area contributed by atoms with Crippen LogP contribution in [-0.2, 0) is 14.6 Å². The number of carbonyl (C=O) groups is 1. The summed E-state index contributed by atoms with van der Waals surface area (Å²) in [5, 5.41) is -0.546. The molecule has 1 aliphatic rings. The van der Waals surface area contributed by atoms with Gasteiger partial charge in [-0.3, -0.25) is 4.79 Å². The molecule has 26 heavy (non-hydrogen) atoms. The molecule has 0 N–H and O–H groups in total. The first-order chi connectivity index (χ1) is 12.5. The number of halogens is 1. The standard InChI is InChI=1S/C20H20FNO3S/c21-17-7-9-18(10-8-17)26(24,25)19-12-14-22(15-13-19)20(23)11-6-16-4-2-1-3-5-16/h1-11,19H,12-15H2. The predicted molar refractivity (Wildman–Crippen MR) is 98.7 cm³/mol. The van der Waals surface area contributed by atoms with Crippen molar-refractivity contribution >= 4 is 21.8 Å². The quantitative estimate of drug-likeness (QED) is 0.610. The van der Waals surface area contributed by atoms with E-state index in [1.165, 1.54) is 18.2 Å². The van der Waals surface area contributed by atoms with Gasteiger partial charge in [-0.25, -0.2) is 12.8 Å². The van der Waals surface area contributed by atoms with Gasteiger partial charge >= 0.3 is 0 Å². The molecular weight excluding hydrogens is 353 g/mol. The molecule has 0 atom stereocenters. The van der Waals surface area contributed by atoms with Gasteiger partial charge in [0.1, 0.15) is 5.82 Å². The Morgan fingerprint density at radius 3 is 2.23 bits per heavy atom. The lowest BCUT2D eigenvalue weighted by molar-refractivity contribution is -0.126. The SMILES string of the molecule is O=C(C=Cc1ccccc1)N1CCC(S(=O)(=O)c2ccc(F)cc2)CC1. The van der Waals surface area contributed by atoms with Gasteiger partial charge < -0.3 is 4.90 Å². The number of piperidine rings is 1. The molecular formula is C20H20FNO3S. The van der Waals surface area contributed by atoms with Crippen LogP contribution in [0.3, 0.4) is 0 Å². The molecule has 0 aliphatic carbocycles. The molecule has 3 rings (SSSR count). The Bertz CT molecular complexity index is 884. The van der Waals surface area contributed by atoms with Gasteiger partial charge in [-0.05, 0) is 48.7 Å². The van der Waals surface area contributed by atoms with Gasteiger partial charge in [0.2, 0.25) is 5.91 Å². The van der Waals surface area contributed by atoms with Gasteiger partial charge in [-0.15, -0.1) is 0 Å². The summed E-state index contributed by atoms with van der Waals surface area (Å²) in [4.78, 5) is 14.1. The smallest absolute Gasteiger partial charge is 0.246 e. The van der Waals surface area contributed by atoms with Crippen molar-refractivity contribution in [1.29, 1.82) is 0 Å². The predicted octanol–water partition coefficient (Wildman–Crippen LogP) is 3.30. The molecule has 6 heteroatoms.